The summed E-state index contributed by atoms with van der Waals surface area (Å²) in [7, 11) is 0. The van der Waals surface area contributed by atoms with E-state index in [0.29, 0.717) is 12.1 Å². The Labute approximate surface area is 128 Å². The van der Waals surface area contributed by atoms with Crippen LogP contribution in [0, 0.1) is 0 Å². The van der Waals surface area contributed by atoms with Crippen LogP contribution in [-0.2, 0) is 9.53 Å². The summed E-state index contributed by atoms with van der Waals surface area (Å²) in [6.45, 7) is 8.90. The molecule has 3 rings (SSSR count). The van der Waals surface area contributed by atoms with Gasteiger partial charge in [-0.2, -0.15) is 0 Å². The van der Waals surface area contributed by atoms with Gasteiger partial charge in [0.1, 0.15) is 0 Å². The van der Waals surface area contributed by atoms with Crippen molar-refractivity contribution in [2.24, 2.45) is 0 Å². The number of ether oxygens (including phenoxy) is 1. The smallest absolute Gasteiger partial charge is 0.239 e. The molecule has 3 saturated heterocycles. The maximum atomic E-state index is 12.6. The highest BCUT2D eigenvalue weighted by Gasteiger charge is 2.35. The van der Waals surface area contributed by atoms with Crippen LogP contribution < -0.4 is 5.32 Å². The fraction of sp³-hybridized carbons (Fsp3) is 0.938. The predicted octanol–water partition coefficient (Wildman–Crippen LogP) is 0.839. The molecule has 0 spiro atoms. The first-order valence-corrected chi connectivity index (χ1v) is 8.54. The number of amides is 1. The summed E-state index contributed by atoms with van der Waals surface area (Å²) in [5.74, 6) is 0.266. The first kappa shape index (κ1) is 15.3. The van der Waals surface area contributed by atoms with Crippen molar-refractivity contribution in [3.05, 3.63) is 0 Å². The molecule has 3 heterocycles. The van der Waals surface area contributed by atoms with Crippen molar-refractivity contribution in [2.75, 3.05) is 32.8 Å². The number of carbonyl (C=O) groups is 1. The van der Waals surface area contributed by atoms with E-state index in [0.717, 1.165) is 39.1 Å². The lowest BCUT2D eigenvalue weighted by molar-refractivity contribution is -0.140. The van der Waals surface area contributed by atoms with Crippen LogP contribution >= 0.6 is 0 Å². The van der Waals surface area contributed by atoms with Gasteiger partial charge in [-0.05, 0) is 32.2 Å². The van der Waals surface area contributed by atoms with Gasteiger partial charge in [-0.25, -0.2) is 0 Å². The summed E-state index contributed by atoms with van der Waals surface area (Å²) in [6, 6.07) is 0.991. The maximum absolute atomic E-state index is 12.6. The van der Waals surface area contributed by atoms with Gasteiger partial charge in [-0.1, -0.05) is 13.8 Å². The molecule has 0 aromatic heterocycles. The standard InChI is InChI=1S/C16H29N3O2/c1-12(2)17-15-6-4-8-19(16(15)20)10-14-9-18-7-3-5-13(18)11-21-14/h12-15,17H,3-11H2,1-2H3. The molecule has 0 bridgehead atoms. The van der Waals surface area contributed by atoms with E-state index in [4.69, 9.17) is 4.74 Å². The number of nitrogens with zero attached hydrogens (tertiary/aromatic N) is 2. The summed E-state index contributed by atoms with van der Waals surface area (Å²) in [6.07, 6.45) is 4.82. The molecule has 0 radical (unpaired) electrons. The molecule has 3 atom stereocenters. The van der Waals surface area contributed by atoms with Crippen molar-refractivity contribution in [3.63, 3.8) is 0 Å². The third-order valence-corrected chi connectivity index (χ3v) is 4.95. The van der Waals surface area contributed by atoms with Crippen LogP contribution in [0.25, 0.3) is 0 Å². The zero-order chi connectivity index (χ0) is 14.8. The molecule has 3 unspecified atom stereocenters. The average molecular weight is 295 g/mol. The highest BCUT2D eigenvalue weighted by molar-refractivity contribution is 5.82. The van der Waals surface area contributed by atoms with Gasteiger partial charge in [-0.15, -0.1) is 0 Å². The normalized spacial score (nSPS) is 34.5. The SMILES string of the molecule is CC(C)NC1CCCN(CC2CN3CCCC3CO2)C1=O. The summed E-state index contributed by atoms with van der Waals surface area (Å²) < 4.78 is 6.00. The Morgan fingerprint density at radius 3 is 2.90 bits per heavy atom. The summed E-state index contributed by atoms with van der Waals surface area (Å²) in [5.41, 5.74) is 0. The number of hydrogen-bond acceptors (Lipinski definition) is 4. The van der Waals surface area contributed by atoms with Gasteiger partial charge >= 0.3 is 0 Å². The molecule has 120 valence electrons. The van der Waals surface area contributed by atoms with E-state index in [2.05, 4.69) is 24.1 Å². The van der Waals surface area contributed by atoms with E-state index in [1.165, 1.54) is 19.4 Å². The van der Waals surface area contributed by atoms with E-state index >= 15 is 0 Å². The Hall–Kier alpha value is -0.650. The van der Waals surface area contributed by atoms with Crippen molar-refractivity contribution in [3.8, 4) is 0 Å². The van der Waals surface area contributed by atoms with Gasteiger partial charge in [0.15, 0.2) is 0 Å². The Bertz CT molecular complexity index is 375. The third-order valence-electron chi connectivity index (χ3n) is 4.95. The second-order valence-corrected chi connectivity index (χ2v) is 7.05. The zero-order valence-corrected chi connectivity index (χ0v) is 13.4. The molecule has 3 aliphatic heterocycles. The predicted molar refractivity (Wildman–Crippen MR) is 82.2 cm³/mol. The molecule has 5 heteroatoms. The number of nitrogens with one attached hydrogen (secondary N) is 1. The van der Waals surface area contributed by atoms with Crippen LogP contribution in [0.5, 0.6) is 0 Å². The minimum Gasteiger partial charge on any atom is -0.373 e. The third kappa shape index (κ3) is 3.58. The molecule has 21 heavy (non-hydrogen) atoms. The lowest BCUT2D eigenvalue weighted by atomic mass is 10.0. The lowest BCUT2D eigenvalue weighted by Gasteiger charge is -2.40. The van der Waals surface area contributed by atoms with Gasteiger partial charge in [0.05, 0.1) is 18.8 Å². The number of rotatable bonds is 4. The van der Waals surface area contributed by atoms with Crippen LogP contribution in [0.1, 0.15) is 39.5 Å². The van der Waals surface area contributed by atoms with Crippen LogP contribution in [0.4, 0.5) is 0 Å². The molecule has 1 amide bonds. The largest absolute Gasteiger partial charge is 0.373 e. The van der Waals surface area contributed by atoms with Crippen molar-refractivity contribution in [2.45, 2.75) is 63.8 Å². The zero-order valence-electron chi connectivity index (χ0n) is 13.4. The van der Waals surface area contributed by atoms with E-state index in [-0.39, 0.29) is 18.1 Å². The van der Waals surface area contributed by atoms with Gasteiger partial charge in [0, 0.05) is 31.7 Å². The van der Waals surface area contributed by atoms with Gasteiger partial charge in [-0.3, -0.25) is 9.69 Å². The monoisotopic (exact) mass is 295 g/mol. The quantitative estimate of drug-likeness (QED) is 0.835. The minimum absolute atomic E-state index is 0.00174. The average Bonchev–Trinajstić information content (AvgIpc) is 2.90. The molecule has 1 N–H and O–H groups in total. The molecule has 3 fully saturated rings. The lowest BCUT2D eigenvalue weighted by Crippen LogP contribution is -2.56. The van der Waals surface area contributed by atoms with E-state index in [1.807, 2.05) is 4.90 Å². The highest BCUT2D eigenvalue weighted by atomic mass is 16.5. The van der Waals surface area contributed by atoms with Crippen molar-refractivity contribution in [1.82, 2.24) is 15.1 Å². The van der Waals surface area contributed by atoms with Crippen molar-refractivity contribution in [1.29, 1.82) is 0 Å². The molecular weight excluding hydrogens is 266 g/mol. The highest BCUT2D eigenvalue weighted by Crippen LogP contribution is 2.23. The fourth-order valence-electron chi connectivity index (χ4n) is 3.92. The van der Waals surface area contributed by atoms with Crippen LogP contribution in [-0.4, -0.2) is 72.7 Å². The first-order chi connectivity index (χ1) is 10.1. The number of carbonyl (C=O) groups excluding carboxylic acids is 1. The molecule has 0 aromatic carbocycles. The fourth-order valence-corrected chi connectivity index (χ4v) is 3.92. The van der Waals surface area contributed by atoms with Crippen molar-refractivity contribution >= 4 is 5.91 Å². The topological polar surface area (TPSA) is 44.8 Å². The number of hydrogen-bond donors (Lipinski definition) is 1. The van der Waals surface area contributed by atoms with Crippen LogP contribution in [0.3, 0.4) is 0 Å². The van der Waals surface area contributed by atoms with E-state index in [9.17, 15) is 4.79 Å². The number of likely N-dealkylation sites (tertiary alicyclic amines) is 1. The molecule has 3 aliphatic rings. The van der Waals surface area contributed by atoms with Crippen LogP contribution in [0.15, 0.2) is 0 Å². The van der Waals surface area contributed by atoms with Gasteiger partial charge in [0.25, 0.3) is 0 Å². The second kappa shape index (κ2) is 6.63. The molecule has 0 aromatic rings. The maximum Gasteiger partial charge on any atom is 0.239 e. The summed E-state index contributed by atoms with van der Waals surface area (Å²) in [4.78, 5) is 17.1. The second-order valence-electron chi connectivity index (χ2n) is 7.05. The number of piperidine rings is 1. The number of fused-ring (bicyclic) bond motifs is 1. The van der Waals surface area contributed by atoms with E-state index < -0.39 is 0 Å². The Morgan fingerprint density at radius 1 is 1.29 bits per heavy atom. The molecule has 0 aliphatic carbocycles. The summed E-state index contributed by atoms with van der Waals surface area (Å²) >= 11 is 0. The first-order valence-electron chi connectivity index (χ1n) is 8.54. The Morgan fingerprint density at radius 2 is 2.10 bits per heavy atom. The summed E-state index contributed by atoms with van der Waals surface area (Å²) in [5, 5.41) is 3.39. The Kier molecular flexibility index (Phi) is 4.82. The Balaban J connectivity index is 1.53. The van der Waals surface area contributed by atoms with Crippen LogP contribution in [0.2, 0.25) is 0 Å². The number of morpholine rings is 1. The molecule has 5 nitrogen and oxygen atoms in total. The van der Waals surface area contributed by atoms with E-state index in [1.54, 1.807) is 0 Å². The molecular formula is C16H29N3O2. The molecule has 0 saturated carbocycles. The minimum atomic E-state index is 0.00174. The van der Waals surface area contributed by atoms with Gasteiger partial charge in [0.2, 0.25) is 5.91 Å². The van der Waals surface area contributed by atoms with Gasteiger partial charge < -0.3 is 15.0 Å². The van der Waals surface area contributed by atoms with Crippen molar-refractivity contribution < 1.29 is 9.53 Å².